The number of carbonyl (C=O) groups is 2. The summed E-state index contributed by atoms with van der Waals surface area (Å²) in [5.74, 6) is 1.26. The van der Waals surface area contributed by atoms with Gasteiger partial charge in [-0.05, 0) is 50.7 Å². The van der Waals surface area contributed by atoms with Crippen molar-refractivity contribution in [2.24, 2.45) is 0 Å². The Labute approximate surface area is 258 Å². The third kappa shape index (κ3) is 7.09. The number of benzene rings is 2. The monoisotopic (exact) mass is 600 g/mol. The SMILES string of the molecule is C=CC(=O)Nc1cc(Nc2cc(N3OCCC3c3cccc(C(=O)NC(C)C)c3)ncn2)c(OC)cc1N1CCN(C)CC1. The zero-order valence-electron chi connectivity index (χ0n) is 25.7. The lowest BCUT2D eigenvalue weighted by Crippen LogP contribution is -2.44. The van der Waals surface area contributed by atoms with Crippen LogP contribution in [0.25, 0.3) is 0 Å². The number of anilines is 5. The zero-order chi connectivity index (χ0) is 31.2. The fraction of sp³-hybridized carbons (Fsp3) is 0.375. The van der Waals surface area contributed by atoms with Crippen LogP contribution in [0.15, 0.2) is 61.4 Å². The molecule has 2 aliphatic heterocycles. The summed E-state index contributed by atoms with van der Waals surface area (Å²) in [4.78, 5) is 44.5. The number of ether oxygens (including phenoxy) is 1. The van der Waals surface area contributed by atoms with Gasteiger partial charge in [0.05, 0.1) is 36.8 Å². The molecule has 5 rings (SSSR count). The molecule has 0 aliphatic carbocycles. The molecule has 12 heteroatoms. The Morgan fingerprint density at radius 1 is 1.09 bits per heavy atom. The summed E-state index contributed by atoms with van der Waals surface area (Å²) in [5.41, 5.74) is 3.69. The van der Waals surface area contributed by atoms with Crippen LogP contribution in [0.1, 0.15) is 42.2 Å². The van der Waals surface area contributed by atoms with Gasteiger partial charge in [0.1, 0.15) is 17.9 Å². The van der Waals surface area contributed by atoms with E-state index in [1.807, 2.05) is 50.2 Å². The average molecular weight is 601 g/mol. The van der Waals surface area contributed by atoms with Gasteiger partial charge in [-0.1, -0.05) is 18.7 Å². The van der Waals surface area contributed by atoms with E-state index in [1.54, 1.807) is 18.2 Å². The minimum absolute atomic E-state index is 0.0420. The number of methoxy groups -OCH3 is 1. The lowest BCUT2D eigenvalue weighted by Gasteiger charge is -2.35. The lowest BCUT2D eigenvalue weighted by atomic mass is 10.0. The van der Waals surface area contributed by atoms with E-state index in [1.165, 1.54) is 12.4 Å². The molecular formula is C32H40N8O4. The number of nitrogens with one attached hydrogen (secondary N) is 3. The van der Waals surface area contributed by atoms with E-state index in [0.717, 1.165) is 43.9 Å². The van der Waals surface area contributed by atoms with E-state index in [9.17, 15) is 9.59 Å². The summed E-state index contributed by atoms with van der Waals surface area (Å²) < 4.78 is 5.77. The second kappa shape index (κ2) is 13.7. The number of rotatable bonds is 10. The number of likely N-dealkylation sites (N-methyl/N-ethyl adjacent to an activating group) is 1. The quantitative estimate of drug-likeness (QED) is 0.293. The number of hydrogen-bond donors (Lipinski definition) is 3. The van der Waals surface area contributed by atoms with Crippen molar-refractivity contribution in [2.45, 2.75) is 32.4 Å². The van der Waals surface area contributed by atoms with Crippen molar-refractivity contribution in [2.75, 3.05) is 67.5 Å². The number of aromatic nitrogens is 2. The summed E-state index contributed by atoms with van der Waals surface area (Å²) in [6.45, 7) is 11.5. The minimum Gasteiger partial charge on any atom is -0.494 e. The van der Waals surface area contributed by atoms with E-state index in [0.29, 0.717) is 40.9 Å². The van der Waals surface area contributed by atoms with Gasteiger partial charge in [0.25, 0.3) is 5.91 Å². The molecule has 44 heavy (non-hydrogen) atoms. The van der Waals surface area contributed by atoms with Crippen molar-refractivity contribution < 1.29 is 19.2 Å². The number of hydrogen-bond acceptors (Lipinski definition) is 10. The summed E-state index contributed by atoms with van der Waals surface area (Å²) in [6.07, 6.45) is 3.45. The molecule has 1 atom stereocenters. The second-order valence-corrected chi connectivity index (χ2v) is 11.2. The standard InChI is InChI=1S/C32H40N8O4/c1-6-31(41)37-24-17-25(28(43-5)18-27(24)39-13-11-38(4)12-14-39)36-29-19-30(34-20-33-29)40-26(10-15-44-40)22-8-7-9-23(16-22)32(42)35-21(2)3/h6-9,16-21,26H,1,10-15H2,2-5H3,(H,35,42)(H,37,41)(H,33,34,36). The summed E-state index contributed by atoms with van der Waals surface area (Å²) >= 11 is 0. The molecule has 232 valence electrons. The van der Waals surface area contributed by atoms with Crippen molar-refractivity contribution >= 4 is 40.5 Å². The van der Waals surface area contributed by atoms with E-state index < -0.39 is 0 Å². The van der Waals surface area contributed by atoms with Gasteiger partial charge in [0.15, 0.2) is 5.82 Å². The first-order valence-electron chi connectivity index (χ1n) is 14.8. The van der Waals surface area contributed by atoms with Gasteiger partial charge >= 0.3 is 0 Å². The Balaban J connectivity index is 1.41. The van der Waals surface area contributed by atoms with Gasteiger partial charge < -0.3 is 30.5 Å². The predicted octanol–water partition coefficient (Wildman–Crippen LogP) is 4.13. The third-order valence-corrected chi connectivity index (χ3v) is 7.60. The smallest absolute Gasteiger partial charge is 0.251 e. The number of nitrogens with zero attached hydrogens (tertiary/aromatic N) is 5. The van der Waals surface area contributed by atoms with Crippen LogP contribution in [0.3, 0.4) is 0 Å². The van der Waals surface area contributed by atoms with Gasteiger partial charge in [0.2, 0.25) is 5.91 Å². The first-order valence-corrected chi connectivity index (χ1v) is 14.8. The summed E-state index contributed by atoms with van der Waals surface area (Å²) in [5, 5.41) is 11.0. The van der Waals surface area contributed by atoms with Crippen LogP contribution >= 0.6 is 0 Å². The maximum Gasteiger partial charge on any atom is 0.251 e. The van der Waals surface area contributed by atoms with Crippen molar-refractivity contribution in [1.29, 1.82) is 0 Å². The molecule has 2 aromatic carbocycles. The summed E-state index contributed by atoms with van der Waals surface area (Å²) in [7, 11) is 3.71. The molecule has 1 unspecified atom stereocenters. The predicted molar refractivity (Wildman–Crippen MR) is 172 cm³/mol. The second-order valence-electron chi connectivity index (χ2n) is 11.2. The minimum atomic E-state index is -0.302. The van der Waals surface area contributed by atoms with Crippen LogP contribution in [0.2, 0.25) is 0 Å². The van der Waals surface area contributed by atoms with E-state index in [-0.39, 0.29) is 23.9 Å². The Morgan fingerprint density at radius 3 is 2.61 bits per heavy atom. The van der Waals surface area contributed by atoms with Crippen LogP contribution in [0.4, 0.5) is 28.7 Å². The Kier molecular flexibility index (Phi) is 9.61. The molecule has 12 nitrogen and oxygen atoms in total. The van der Waals surface area contributed by atoms with E-state index >= 15 is 0 Å². The van der Waals surface area contributed by atoms with Gasteiger partial charge in [-0.15, -0.1) is 0 Å². The van der Waals surface area contributed by atoms with Crippen LogP contribution in [0, 0.1) is 0 Å². The fourth-order valence-electron chi connectivity index (χ4n) is 5.33. The molecule has 2 fully saturated rings. The van der Waals surface area contributed by atoms with Gasteiger partial charge in [-0.2, -0.15) is 0 Å². The first-order chi connectivity index (χ1) is 21.2. The first kappa shape index (κ1) is 30.8. The molecule has 3 aromatic rings. The highest BCUT2D eigenvalue weighted by Gasteiger charge is 2.30. The molecular weight excluding hydrogens is 560 g/mol. The lowest BCUT2D eigenvalue weighted by molar-refractivity contribution is -0.111. The number of amides is 2. The normalized spacial score (nSPS) is 17.0. The fourth-order valence-corrected chi connectivity index (χ4v) is 5.33. The van der Waals surface area contributed by atoms with Crippen molar-refractivity contribution in [3.63, 3.8) is 0 Å². The molecule has 0 saturated carbocycles. The molecule has 0 spiro atoms. The van der Waals surface area contributed by atoms with Crippen LogP contribution < -0.4 is 30.7 Å². The molecule has 2 aliphatic rings. The van der Waals surface area contributed by atoms with Crippen LogP contribution in [-0.4, -0.2) is 79.7 Å². The highest BCUT2D eigenvalue weighted by atomic mass is 16.7. The van der Waals surface area contributed by atoms with Gasteiger partial charge in [0, 0.05) is 56.3 Å². The Morgan fingerprint density at radius 2 is 1.89 bits per heavy atom. The molecule has 3 N–H and O–H groups in total. The Bertz CT molecular complexity index is 1510. The van der Waals surface area contributed by atoms with Crippen molar-refractivity contribution in [1.82, 2.24) is 20.2 Å². The Hall–Kier alpha value is -4.68. The topological polar surface area (TPSA) is 124 Å². The van der Waals surface area contributed by atoms with Crippen molar-refractivity contribution in [3.8, 4) is 5.75 Å². The van der Waals surface area contributed by atoms with Crippen molar-refractivity contribution in [3.05, 3.63) is 72.6 Å². The third-order valence-electron chi connectivity index (χ3n) is 7.60. The highest BCUT2D eigenvalue weighted by molar-refractivity contribution is 6.02. The molecule has 2 amide bonds. The van der Waals surface area contributed by atoms with Gasteiger partial charge in [-0.3, -0.25) is 14.4 Å². The number of piperazine rings is 1. The van der Waals surface area contributed by atoms with Gasteiger partial charge in [-0.25, -0.2) is 15.0 Å². The van der Waals surface area contributed by atoms with E-state index in [2.05, 4.69) is 49.3 Å². The maximum absolute atomic E-state index is 12.6. The molecule has 0 bridgehead atoms. The molecule has 1 aromatic heterocycles. The highest BCUT2D eigenvalue weighted by Crippen LogP contribution is 2.40. The number of hydroxylamine groups is 1. The molecule has 2 saturated heterocycles. The van der Waals surface area contributed by atoms with E-state index in [4.69, 9.17) is 9.57 Å². The number of carbonyl (C=O) groups excluding carboxylic acids is 2. The molecule has 3 heterocycles. The average Bonchev–Trinajstić information content (AvgIpc) is 3.52. The summed E-state index contributed by atoms with van der Waals surface area (Å²) in [6, 6.07) is 13.1. The molecule has 0 radical (unpaired) electrons. The van der Waals surface area contributed by atoms with Crippen LogP contribution in [0.5, 0.6) is 5.75 Å². The zero-order valence-corrected chi connectivity index (χ0v) is 25.7. The largest absolute Gasteiger partial charge is 0.494 e. The maximum atomic E-state index is 12.6. The van der Waals surface area contributed by atoms with Crippen LogP contribution in [-0.2, 0) is 9.63 Å².